The SMILES string of the molecule is CCOC(=O)C1CCCCN1Cc1ccnc(Nc2ncc(C#N)s2)c1. The van der Waals surface area contributed by atoms with Gasteiger partial charge >= 0.3 is 5.97 Å². The number of pyridine rings is 1. The Hall–Kier alpha value is -2.50. The molecule has 0 aliphatic carbocycles. The molecular weight excluding hydrogens is 350 g/mol. The number of hydrogen-bond acceptors (Lipinski definition) is 8. The van der Waals surface area contributed by atoms with Crippen molar-refractivity contribution in [2.45, 2.75) is 38.8 Å². The molecule has 1 aliphatic rings. The fraction of sp³-hybridized carbons (Fsp3) is 0.444. The molecule has 1 unspecified atom stereocenters. The Balaban J connectivity index is 1.69. The lowest BCUT2D eigenvalue weighted by molar-refractivity contribution is -0.151. The van der Waals surface area contributed by atoms with Crippen molar-refractivity contribution >= 4 is 28.3 Å². The number of thiazole rings is 1. The molecule has 8 heteroatoms. The molecule has 1 atom stereocenters. The van der Waals surface area contributed by atoms with E-state index in [1.165, 1.54) is 17.5 Å². The third-order valence-electron chi connectivity index (χ3n) is 4.23. The number of hydrogen-bond donors (Lipinski definition) is 1. The van der Waals surface area contributed by atoms with Crippen LogP contribution in [0.4, 0.5) is 10.9 Å². The first-order valence-electron chi connectivity index (χ1n) is 8.68. The molecule has 0 radical (unpaired) electrons. The van der Waals surface area contributed by atoms with Crippen LogP contribution in [-0.2, 0) is 16.1 Å². The summed E-state index contributed by atoms with van der Waals surface area (Å²) in [6, 6.07) is 5.79. The van der Waals surface area contributed by atoms with Crippen LogP contribution in [0.1, 0.15) is 36.6 Å². The monoisotopic (exact) mass is 371 g/mol. The maximum absolute atomic E-state index is 12.2. The number of anilines is 2. The number of nitriles is 1. The Morgan fingerprint density at radius 3 is 3.15 bits per heavy atom. The van der Waals surface area contributed by atoms with E-state index < -0.39 is 0 Å². The van der Waals surface area contributed by atoms with Crippen LogP contribution >= 0.6 is 11.3 Å². The zero-order valence-corrected chi connectivity index (χ0v) is 15.5. The molecule has 1 aliphatic heterocycles. The highest BCUT2D eigenvalue weighted by atomic mass is 32.1. The van der Waals surface area contributed by atoms with Crippen molar-refractivity contribution in [3.63, 3.8) is 0 Å². The van der Waals surface area contributed by atoms with E-state index in [2.05, 4.69) is 26.3 Å². The van der Waals surface area contributed by atoms with E-state index in [9.17, 15) is 4.79 Å². The van der Waals surface area contributed by atoms with Crippen LogP contribution in [-0.4, -0.2) is 40.0 Å². The van der Waals surface area contributed by atoms with Gasteiger partial charge in [0.2, 0.25) is 0 Å². The molecule has 26 heavy (non-hydrogen) atoms. The Morgan fingerprint density at radius 1 is 1.50 bits per heavy atom. The number of nitrogens with zero attached hydrogens (tertiary/aromatic N) is 4. The Labute approximate surface area is 156 Å². The molecule has 136 valence electrons. The van der Waals surface area contributed by atoms with E-state index in [0.29, 0.717) is 29.0 Å². The molecule has 1 fully saturated rings. The minimum absolute atomic E-state index is 0.133. The molecule has 2 aromatic rings. The van der Waals surface area contributed by atoms with Gasteiger partial charge in [-0.05, 0) is 44.0 Å². The largest absolute Gasteiger partial charge is 0.465 e. The minimum Gasteiger partial charge on any atom is -0.465 e. The van der Waals surface area contributed by atoms with E-state index in [4.69, 9.17) is 10.00 Å². The van der Waals surface area contributed by atoms with E-state index in [-0.39, 0.29) is 12.0 Å². The predicted octanol–water partition coefficient (Wildman–Crippen LogP) is 3.07. The van der Waals surface area contributed by atoms with Gasteiger partial charge in [0.05, 0.1) is 12.8 Å². The average Bonchev–Trinajstić information content (AvgIpc) is 3.10. The van der Waals surface area contributed by atoms with Crippen LogP contribution in [0.2, 0.25) is 0 Å². The molecule has 3 heterocycles. The fourth-order valence-corrected chi connectivity index (χ4v) is 3.67. The number of esters is 1. The second-order valence-electron chi connectivity index (χ2n) is 6.05. The molecule has 2 aromatic heterocycles. The topological polar surface area (TPSA) is 91.1 Å². The first-order valence-corrected chi connectivity index (χ1v) is 9.50. The van der Waals surface area contributed by atoms with Gasteiger partial charge in [0.1, 0.15) is 22.8 Å². The number of carbonyl (C=O) groups excluding carboxylic acids is 1. The van der Waals surface area contributed by atoms with Crippen LogP contribution in [0.25, 0.3) is 0 Å². The molecule has 0 bridgehead atoms. The summed E-state index contributed by atoms with van der Waals surface area (Å²) < 4.78 is 5.23. The maximum atomic E-state index is 12.2. The summed E-state index contributed by atoms with van der Waals surface area (Å²) in [5.41, 5.74) is 1.07. The van der Waals surface area contributed by atoms with Gasteiger partial charge in [-0.15, -0.1) is 0 Å². The van der Waals surface area contributed by atoms with Crippen molar-refractivity contribution in [3.05, 3.63) is 35.0 Å². The average molecular weight is 371 g/mol. The van der Waals surface area contributed by atoms with Crippen molar-refractivity contribution in [2.75, 3.05) is 18.5 Å². The third kappa shape index (κ3) is 4.56. The number of aromatic nitrogens is 2. The Morgan fingerprint density at radius 2 is 2.38 bits per heavy atom. The summed E-state index contributed by atoms with van der Waals surface area (Å²) in [7, 11) is 0. The zero-order chi connectivity index (χ0) is 18.4. The molecule has 1 saturated heterocycles. The predicted molar refractivity (Wildman–Crippen MR) is 99.0 cm³/mol. The van der Waals surface area contributed by atoms with Crippen LogP contribution in [0.3, 0.4) is 0 Å². The summed E-state index contributed by atoms with van der Waals surface area (Å²) >= 11 is 1.28. The van der Waals surface area contributed by atoms with E-state index in [0.717, 1.165) is 31.4 Å². The standard InChI is InChI=1S/C18H21N5O2S/c1-2-25-17(24)15-5-3-4-8-23(15)12-13-6-7-20-16(9-13)22-18-21-11-14(10-19)26-18/h6-7,9,11,15H,2-5,8,12H2,1H3,(H,20,21,22). The van der Waals surface area contributed by atoms with E-state index in [1.54, 1.807) is 6.20 Å². The second kappa shape index (κ2) is 8.74. The first kappa shape index (κ1) is 18.3. The van der Waals surface area contributed by atoms with Gasteiger partial charge in [0.15, 0.2) is 5.13 Å². The lowest BCUT2D eigenvalue weighted by Gasteiger charge is -2.33. The highest BCUT2D eigenvalue weighted by molar-refractivity contribution is 7.16. The molecule has 0 saturated carbocycles. The second-order valence-corrected chi connectivity index (χ2v) is 7.08. The van der Waals surface area contributed by atoms with Crippen molar-refractivity contribution in [1.29, 1.82) is 5.26 Å². The Bertz CT molecular complexity index is 801. The minimum atomic E-state index is -0.176. The highest BCUT2D eigenvalue weighted by Gasteiger charge is 2.29. The maximum Gasteiger partial charge on any atom is 0.323 e. The van der Waals surface area contributed by atoms with Crippen LogP contribution in [0, 0.1) is 11.3 Å². The van der Waals surface area contributed by atoms with Crippen molar-refractivity contribution < 1.29 is 9.53 Å². The lowest BCUT2D eigenvalue weighted by Crippen LogP contribution is -2.44. The van der Waals surface area contributed by atoms with Crippen molar-refractivity contribution in [1.82, 2.24) is 14.9 Å². The fourth-order valence-electron chi connectivity index (χ4n) is 3.05. The van der Waals surface area contributed by atoms with Gasteiger partial charge < -0.3 is 10.1 Å². The van der Waals surface area contributed by atoms with Gasteiger partial charge in [0.25, 0.3) is 0 Å². The third-order valence-corrected chi connectivity index (χ3v) is 5.05. The molecule has 7 nitrogen and oxygen atoms in total. The summed E-state index contributed by atoms with van der Waals surface area (Å²) in [6.45, 7) is 3.79. The molecule has 0 aromatic carbocycles. The number of rotatable bonds is 6. The molecular formula is C18H21N5O2S. The summed E-state index contributed by atoms with van der Waals surface area (Å²) in [5, 5.41) is 12.6. The van der Waals surface area contributed by atoms with Crippen LogP contribution < -0.4 is 5.32 Å². The van der Waals surface area contributed by atoms with Gasteiger partial charge in [-0.2, -0.15) is 5.26 Å². The van der Waals surface area contributed by atoms with Gasteiger partial charge in [-0.25, -0.2) is 9.97 Å². The Kier molecular flexibility index (Phi) is 6.15. The summed E-state index contributed by atoms with van der Waals surface area (Å²) in [4.78, 5) is 23.4. The van der Waals surface area contributed by atoms with Crippen LogP contribution in [0.15, 0.2) is 24.5 Å². The molecule has 1 N–H and O–H groups in total. The summed E-state index contributed by atoms with van der Waals surface area (Å²) in [6.07, 6.45) is 6.25. The zero-order valence-electron chi connectivity index (χ0n) is 14.6. The molecule has 0 amide bonds. The normalized spacial score (nSPS) is 17.5. The number of likely N-dealkylation sites (tertiary alicyclic amines) is 1. The quantitative estimate of drug-likeness (QED) is 0.780. The van der Waals surface area contributed by atoms with Crippen molar-refractivity contribution in [3.8, 4) is 6.07 Å². The number of nitrogens with one attached hydrogen (secondary N) is 1. The summed E-state index contributed by atoms with van der Waals surface area (Å²) in [5.74, 6) is 0.539. The van der Waals surface area contributed by atoms with Gasteiger partial charge in [-0.3, -0.25) is 9.69 Å². The number of piperidine rings is 1. The highest BCUT2D eigenvalue weighted by Crippen LogP contribution is 2.24. The van der Waals surface area contributed by atoms with E-state index >= 15 is 0 Å². The molecule has 3 rings (SSSR count). The molecule has 0 spiro atoms. The van der Waals surface area contributed by atoms with Gasteiger partial charge in [-0.1, -0.05) is 17.8 Å². The van der Waals surface area contributed by atoms with Crippen LogP contribution in [0.5, 0.6) is 0 Å². The first-order chi connectivity index (χ1) is 12.7. The lowest BCUT2D eigenvalue weighted by atomic mass is 10.0. The number of carbonyl (C=O) groups is 1. The number of ether oxygens (including phenoxy) is 1. The van der Waals surface area contributed by atoms with Crippen molar-refractivity contribution in [2.24, 2.45) is 0 Å². The van der Waals surface area contributed by atoms with E-state index in [1.807, 2.05) is 19.1 Å². The van der Waals surface area contributed by atoms with Gasteiger partial charge in [0, 0.05) is 12.7 Å². The smallest absolute Gasteiger partial charge is 0.323 e.